The average molecular weight is 295 g/mol. The zero-order valence-corrected chi connectivity index (χ0v) is 11.5. The van der Waals surface area contributed by atoms with Crippen molar-refractivity contribution in [3.05, 3.63) is 28.8 Å². The van der Waals surface area contributed by atoms with Crippen LogP contribution in [-0.2, 0) is 4.74 Å². The van der Waals surface area contributed by atoms with Crippen molar-refractivity contribution in [1.29, 1.82) is 0 Å². The van der Waals surface area contributed by atoms with Crippen molar-refractivity contribution in [2.75, 3.05) is 25.1 Å². The molecule has 0 saturated carbocycles. The van der Waals surface area contributed by atoms with E-state index in [4.69, 9.17) is 21.4 Å². The fraction of sp³-hybridized carbons (Fsp3) is 0.357. The van der Waals surface area contributed by atoms with Crippen LogP contribution in [0.3, 0.4) is 0 Å². The number of urea groups is 1. The molecule has 0 aliphatic carbocycles. The lowest BCUT2D eigenvalue weighted by Crippen LogP contribution is -2.38. The zero-order chi connectivity index (χ0) is 14.4. The van der Waals surface area contributed by atoms with E-state index in [9.17, 15) is 4.79 Å². The van der Waals surface area contributed by atoms with Crippen LogP contribution in [0.4, 0.5) is 10.5 Å². The number of aliphatic hydroxyl groups is 1. The molecule has 1 fully saturated rings. The van der Waals surface area contributed by atoms with Crippen molar-refractivity contribution in [2.24, 2.45) is 0 Å². The highest BCUT2D eigenvalue weighted by molar-refractivity contribution is 6.33. The molecule has 1 aliphatic heterocycles. The van der Waals surface area contributed by atoms with Gasteiger partial charge in [-0.15, -0.1) is 0 Å². The minimum Gasteiger partial charge on any atom is -0.384 e. The summed E-state index contributed by atoms with van der Waals surface area (Å²) in [7, 11) is 0. The second-order valence-corrected chi connectivity index (χ2v) is 4.72. The van der Waals surface area contributed by atoms with Crippen LogP contribution in [0.25, 0.3) is 0 Å². The molecule has 20 heavy (non-hydrogen) atoms. The van der Waals surface area contributed by atoms with Crippen LogP contribution in [0.15, 0.2) is 18.2 Å². The average Bonchev–Trinajstić information content (AvgIpc) is 2.92. The summed E-state index contributed by atoms with van der Waals surface area (Å²) in [6, 6.07) is 4.74. The molecule has 2 amide bonds. The number of benzene rings is 1. The highest BCUT2D eigenvalue weighted by atomic mass is 35.5. The first-order valence-corrected chi connectivity index (χ1v) is 6.61. The standard InChI is InChI=1S/C14H15ClN2O3/c15-12-4-3-10(2-1-6-18)8-13(12)17-14(19)16-11-5-7-20-9-11/h3-4,8,11,18H,5-7,9H2,(H2,16,17,19). The Bertz CT molecular complexity index is 545. The Balaban J connectivity index is 2.01. The minimum absolute atomic E-state index is 0.0335. The molecule has 1 unspecified atom stereocenters. The van der Waals surface area contributed by atoms with Gasteiger partial charge in [-0.2, -0.15) is 0 Å². The Labute approximate surface area is 122 Å². The van der Waals surface area contributed by atoms with Crippen molar-refractivity contribution in [1.82, 2.24) is 5.32 Å². The van der Waals surface area contributed by atoms with Crippen molar-refractivity contribution < 1.29 is 14.6 Å². The lowest BCUT2D eigenvalue weighted by atomic mass is 10.2. The van der Waals surface area contributed by atoms with E-state index in [1.54, 1.807) is 18.2 Å². The molecule has 1 aromatic carbocycles. The Kier molecular flexibility index (Phi) is 5.24. The number of anilines is 1. The maximum absolute atomic E-state index is 11.8. The third kappa shape index (κ3) is 4.14. The predicted molar refractivity (Wildman–Crippen MR) is 76.8 cm³/mol. The van der Waals surface area contributed by atoms with Gasteiger partial charge in [0.1, 0.15) is 6.61 Å². The number of nitrogens with one attached hydrogen (secondary N) is 2. The van der Waals surface area contributed by atoms with Crippen LogP contribution >= 0.6 is 11.6 Å². The Morgan fingerprint density at radius 3 is 3.10 bits per heavy atom. The van der Waals surface area contributed by atoms with Crippen molar-refractivity contribution >= 4 is 23.3 Å². The number of aliphatic hydroxyl groups excluding tert-OH is 1. The van der Waals surface area contributed by atoms with Gasteiger partial charge in [-0.25, -0.2) is 4.79 Å². The van der Waals surface area contributed by atoms with Gasteiger partial charge in [0.2, 0.25) is 0 Å². The Hall–Kier alpha value is -1.74. The molecule has 2 rings (SSSR count). The number of rotatable bonds is 2. The van der Waals surface area contributed by atoms with E-state index in [2.05, 4.69) is 22.5 Å². The molecule has 0 spiro atoms. The monoisotopic (exact) mass is 294 g/mol. The summed E-state index contributed by atoms with van der Waals surface area (Å²) >= 11 is 6.03. The maximum atomic E-state index is 11.8. The van der Waals surface area contributed by atoms with Crippen molar-refractivity contribution in [2.45, 2.75) is 12.5 Å². The van der Waals surface area contributed by atoms with Crippen LogP contribution < -0.4 is 10.6 Å². The number of ether oxygens (including phenoxy) is 1. The summed E-state index contributed by atoms with van der Waals surface area (Å²) in [5.41, 5.74) is 1.15. The van der Waals surface area contributed by atoms with Gasteiger partial charge in [0, 0.05) is 12.2 Å². The fourth-order valence-electron chi connectivity index (χ4n) is 1.83. The Morgan fingerprint density at radius 1 is 1.55 bits per heavy atom. The third-order valence-electron chi connectivity index (χ3n) is 2.79. The summed E-state index contributed by atoms with van der Waals surface area (Å²) in [5, 5.41) is 14.6. The quantitative estimate of drug-likeness (QED) is 0.726. The predicted octanol–water partition coefficient (Wildman–Crippen LogP) is 1.59. The second kappa shape index (κ2) is 7.15. The van der Waals surface area contributed by atoms with Gasteiger partial charge in [0.05, 0.1) is 23.4 Å². The van der Waals surface area contributed by atoms with Crippen LogP contribution in [-0.4, -0.2) is 37.0 Å². The SMILES string of the molecule is O=C(Nc1cc(C#CCO)ccc1Cl)NC1CCOC1. The van der Waals surface area contributed by atoms with Gasteiger partial charge in [-0.3, -0.25) is 0 Å². The van der Waals surface area contributed by atoms with Gasteiger partial charge in [-0.1, -0.05) is 23.4 Å². The molecule has 3 N–H and O–H groups in total. The second-order valence-electron chi connectivity index (χ2n) is 4.31. The molecular formula is C14H15ClN2O3. The van der Waals surface area contributed by atoms with Crippen LogP contribution in [0.2, 0.25) is 5.02 Å². The zero-order valence-electron chi connectivity index (χ0n) is 10.8. The first-order chi connectivity index (χ1) is 9.69. The van der Waals surface area contributed by atoms with Crippen LogP contribution in [0, 0.1) is 11.8 Å². The molecular weight excluding hydrogens is 280 g/mol. The number of carbonyl (C=O) groups is 1. The van der Waals surface area contributed by atoms with Crippen LogP contribution in [0.5, 0.6) is 0 Å². The first kappa shape index (κ1) is 14.7. The molecule has 1 saturated heterocycles. The van der Waals surface area contributed by atoms with Gasteiger partial charge in [-0.05, 0) is 24.6 Å². The topological polar surface area (TPSA) is 70.6 Å². The normalized spacial score (nSPS) is 17.2. The number of halogens is 1. The molecule has 6 heteroatoms. The van der Waals surface area contributed by atoms with Gasteiger partial charge in [0.25, 0.3) is 0 Å². The highest BCUT2D eigenvalue weighted by Gasteiger charge is 2.18. The van der Waals surface area contributed by atoms with E-state index in [1.165, 1.54) is 0 Å². The summed E-state index contributed by atoms with van der Waals surface area (Å²) in [4.78, 5) is 11.8. The first-order valence-electron chi connectivity index (χ1n) is 6.23. The van der Waals surface area contributed by atoms with E-state index in [0.717, 1.165) is 6.42 Å². The van der Waals surface area contributed by atoms with E-state index in [1.807, 2.05) is 0 Å². The summed E-state index contributed by atoms with van der Waals surface area (Å²) in [6.07, 6.45) is 0.809. The maximum Gasteiger partial charge on any atom is 0.319 e. The molecule has 1 atom stereocenters. The number of carbonyl (C=O) groups excluding carboxylic acids is 1. The summed E-state index contributed by atoms with van der Waals surface area (Å²) in [6.45, 7) is 0.981. The van der Waals surface area contributed by atoms with Crippen molar-refractivity contribution in [3.8, 4) is 11.8 Å². The third-order valence-corrected chi connectivity index (χ3v) is 3.12. The van der Waals surface area contributed by atoms with E-state index < -0.39 is 0 Å². The molecule has 106 valence electrons. The number of amides is 2. The summed E-state index contributed by atoms with van der Waals surface area (Å²) in [5.74, 6) is 5.30. The lowest BCUT2D eigenvalue weighted by molar-refractivity contribution is 0.189. The van der Waals surface area contributed by atoms with Crippen molar-refractivity contribution in [3.63, 3.8) is 0 Å². The molecule has 1 aromatic rings. The minimum atomic E-state index is -0.324. The van der Waals surface area contributed by atoms with Gasteiger partial charge >= 0.3 is 6.03 Å². The molecule has 1 aliphatic rings. The van der Waals surface area contributed by atoms with Gasteiger partial charge in [0.15, 0.2) is 0 Å². The largest absolute Gasteiger partial charge is 0.384 e. The molecule has 0 radical (unpaired) electrons. The van der Waals surface area contributed by atoms with E-state index in [0.29, 0.717) is 29.5 Å². The van der Waals surface area contributed by atoms with E-state index in [-0.39, 0.29) is 18.7 Å². The van der Waals surface area contributed by atoms with Crippen LogP contribution in [0.1, 0.15) is 12.0 Å². The van der Waals surface area contributed by atoms with E-state index >= 15 is 0 Å². The molecule has 0 aromatic heterocycles. The molecule has 5 nitrogen and oxygen atoms in total. The highest BCUT2D eigenvalue weighted by Crippen LogP contribution is 2.22. The lowest BCUT2D eigenvalue weighted by Gasteiger charge is -2.13. The Morgan fingerprint density at radius 2 is 2.40 bits per heavy atom. The number of hydrogen-bond donors (Lipinski definition) is 3. The number of hydrogen-bond acceptors (Lipinski definition) is 3. The van der Waals surface area contributed by atoms with Gasteiger partial charge < -0.3 is 20.5 Å². The molecule has 0 bridgehead atoms. The molecule has 1 heterocycles. The summed E-state index contributed by atoms with van der Waals surface area (Å²) < 4.78 is 5.18. The smallest absolute Gasteiger partial charge is 0.319 e. The fourth-order valence-corrected chi connectivity index (χ4v) is 2.00.